The van der Waals surface area contributed by atoms with E-state index in [2.05, 4.69) is 76.1 Å². The first-order valence-electron chi connectivity index (χ1n) is 8.34. The van der Waals surface area contributed by atoms with Gasteiger partial charge in [0, 0.05) is 18.6 Å². The zero-order valence-corrected chi connectivity index (χ0v) is 14.9. The number of unbranched alkanes of at least 4 members (excludes halogenated alkanes) is 1. The summed E-state index contributed by atoms with van der Waals surface area (Å²) in [5.74, 6) is 0.552. The number of nitrogens with one attached hydrogen (secondary N) is 1. The van der Waals surface area contributed by atoms with Gasteiger partial charge in [0.2, 0.25) is 0 Å². The predicted octanol–water partition coefficient (Wildman–Crippen LogP) is 4.41. The summed E-state index contributed by atoms with van der Waals surface area (Å²) in [6.07, 6.45) is 2.55. The molecule has 0 heterocycles. The summed E-state index contributed by atoms with van der Waals surface area (Å²) in [6, 6.07) is 9.15. The molecule has 0 spiro atoms. The van der Waals surface area contributed by atoms with E-state index in [1.807, 2.05) is 0 Å². The molecular formula is C19H34N2. The minimum Gasteiger partial charge on any atom is -0.311 e. The molecule has 0 radical (unpaired) electrons. The molecule has 0 amide bonds. The summed E-state index contributed by atoms with van der Waals surface area (Å²) in [5, 5.41) is 3.58. The Balaban J connectivity index is 2.49. The second-order valence-corrected chi connectivity index (χ2v) is 7.36. The quantitative estimate of drug-likeness (QED) is 0.763. The topological polar surface area (TPSA) is 15.3 Å². The summed E-state index contributed by atoms with van der Waals surface area (Å²) in [7, 11) is 2.21. The standard InChI is InChI=1S/C19H34N2/c1-7-8-13-21(6)15-17-9-11-18(12-10-17)16(2)14-20-19(3,4)5/h9-12,16,20H,7-8,13-15H2,1-6H3. The van der Waals surface area contributed by atoms with E-state index in [1.165, 1.54) is 30.5 Å². The second-order valence-electron chi connectivity index (χ2n) is 7.36. The third-order valence-corrected chi connectivity index (χ3v) is 3.83. The largest absolute Gasteiger partial charge is 0.311 e. The molecule has 2 nitrogen and oxygen atoms in total. The molecule has 0 aliphatic heterocycles. The maximum absolute atomic E-state index is 3.58. The fraction of sp³-hybridized carbons (Fsp3) is 0.684. The first-order chi connectivity index (χ1) is 9.81. The van der Waals surface area contributed by atoms with E-state index in [0.29, 0.717) is 5.92 Å². The van der Waals surface area contributed by atoms with Gasteiger partial charge in [0.05, 0.1) is 0 Å². The fourth-order valence-corrected chi connectivity index (χ4v) is 2.35. The van der Waals surface area contributed by atoms with Crippen LogP contribution in [0.1, 0.15) is 64.5 Å². The average Bonchev–Trinajstić information content (AvgIpc) is 2.42. The summed E-state index contributed by atoms with van der Waals surface area (Å²) in [4.78, 5) is 2.41. The third kappa shape index (κ3) is 7.63. The van der Waals surface area contributed by atoms with Gasteiger partial charge < -0.3 is 10.2 Å². The maximum atomic E-state index is 3.58. The van der Waals surface area contributed by atoms with Gasteiger partial charge in [0.15, 0.2) is 0 Å². The van der Waals surface area contributed by atoms with Crippen LogP contribution in [-0.4, -0.2) is 30.6 Å². The van der Waals surface area contributed by atoms with Crippen molar-refractivity contribution in [2.75, 3.05) is 20.1 Å². The molecule has 1 atom stereocenters. The van der Waals surface area contributed by atoms with Crippen LogP contribution in [0.2, 0.25) is 0 Å². The SMILES string of the molecule is CCCCN(C)Cc1ccc(C(C)CNC(C)(C)C)cc1. The first-order valence-corrected chi connectivity index (χ1v) is 8.34. The molecule has 0 aliphatic rings. The zero-order chi connectivity index (χ0) is 15.9. The Morgan fingerprint density at radius 1 is 1.14 bits per heavy atom. The van der Waals surface area contributed by atoms with E-state index < -0.39 is 0 Å². The highest BCUT2D eigenvalue weighted by atomic mass is 15.1. The molecule has 1 rings (SSSR count). The Bertz CT molecular complexity index is 389. The minimum atomic E-state index is 0.191. The van der Waals surface area contributed by atoms with Crippen LogP contribution in [0.4, 0.5) is 0 Å². The van der Waals surface area contributed by atoms with Crippen LogP contribution in [-0.2, 0) is 6.54 Å². The van der Waals surface area contributed by atoms with Crippen LogP contribution in [0.25, 0.3) is 0 Å². The lowest BCUT2D eigenvalue weighted by molar-refractivity contribution is 0.321. The Hall–Kier alpha value is -0.860. The van der Waals surface area contributed by atoms with Gasteiger partial charge in [-0.05, 0) is 57.8 Å². The average molecular weight is 290 g/mol. The molecule has 0 saturated carbocycles. The van der Waals surface area contributed by atoms with Crippen molar-refractivity contribution < 1.29 is 0 Å². The molecule has 0 aromatic heterocycles. The minimum absolute atomic E-state index is 0.191. The van der Waals surface area contributed by atoms with Gasteiger partial charge in [-0.15, -0.1) is 0 Å². The lowest BCUT2D eigenvalue weighted by atomic mass is 9.98. The summed E-state index contributed by atoms with van der Waals surface area (Å²) >= 11 is 0. The number of rotatable bonds is 8. The molecule has 0 saturated heterocycles. The number of nitrogens with zero attached hydrogens (tertiary/aromatic N) is 1. The van der Waals surface area contributed by atoms with Gasteiger partial charge in [-0.2, -0.15) is 0 Å². The highest BCUT2D eigenvalue weighted by Crippen LogP contribution is 2.17. The van der Waals surface area contributed by atoms with Crippen molar-refractivity contribution in [3.8, 4) is 0 Å². The van der Waals surface area contributed by atoms with E-state index in [1.54, 1.807) is 0 Å². The van der Waals surface area contributed by atoms with Crippen LogP contribution in [0.3, 0.4) is 0 Å². The zero-order valence-electron chi connectivity index (χ0n) is 14.9. The van der Waals surface area contributed by atoms with Crippen molar-refractivity contribution >= 4 is 0 Å². The summed E-state index contributed by atoms with van der Waals surface area (Å²) < 4.78 is 0. The molecular weight excluding hydrogens is 256 g/mol. The lowest BCUT2D eigenvalue weighted by Gasteiger charge is -2.24. The molecule has 120 valence electrons. The van der Waals surface area contributed by atoms with Crippen LogP contribution in [0.15, 0.2) is 24.3 Å². The number of hydrogen-bond donors (Lipinski definition) is 1. The monoisotopic (exact) mass is 290 g/mol. The normalized spacial score (nSPS) is 13.7. The number of hydrogen-bond acceptors (Lipinski definition) is 2. The van der Waals surface area contributed by atoms with Crippen LogP contribution in [0.5, 0.6) is 0 Å². The third-order valence-electron chi connectivity index (χ3n) is 3.83. The first kappa shape index (κ1) is 18.2. The van der Waals surface area contributed by atoms with Crippen molar-refractivity contribution in [1.82, 2.24) is 10.2 Å². The molecule has 0 aliphatic carbocycles. The van der Waals surface area contributed by atoms with Crippen molar-refractivity contribution in [2.45, 2.75) is 65.5 Å². The van der Waals surface area contributed by atoms with Gasteiger partial charge in [-0.1, -0.05) is 44.5 Å². The molecule has 0 bridgehead atoms. The Morgan fingerprint density at radius 3 is 2.29 bits per heavy atom. The molecule has 1 aromatic carbocycles. The Morgan fingerprint density at radius 2 is 1.76 bits per heavy atom. The van der Waals surface area contributed by atoms with Crippen LogP contribution < -0.4 is 5.32 Å². The van der Waals surface area contributed by atoms with E-state index in [0.717, 1.165) is 13.1 Å². The second kappa shape index (κ2) is 8.55. The summed E-state index contributed by atoms with van der Waals surface area (Å²) in [6.45, 7) is 14.5. The van der Waals surface area contributed by atoms with Gasteiger partial charge in [-0.25, -0.2) is 0 Å². The molecule has 21 heavy (non-hydrogen) atoms. The van der Waals surface area contributed by atoms with Crippen molar-refractivity contribution in [1.29, 1.82) is 0 Å². The van der Waals surface area contributed by atoms with Gasteiger partial charge >= 0.3 is 0 Å². The Labute approximate surface area is 131 Å². The Kier molecular flexibility index (Phi) is 7.41. The smallest absolute Gasteiger partial charge is 0.0230 e. The fourth-order valence-electron chi connectivity index (χ4n) is 2.35. The number of benzene rings is 1. The van der Waals surface area contributed by atoms with Gasteiger partial charge in [-0.3, -0.25) is 0 Å². The van der Waals surface area contributed by atoms with Gasteiger partial charge in [0.25, 0.3) is 0 Å². The molecule has 1 unspecified atom stereocenters. The molecule has 1 N–H and O–H groups in total. The highest BCUT2D eigenvalue weighted by Gasteiger charge is 2.12. The van der Waals surface area contributed by atoms with Crippen molar-refractivity contribution in [3.05, 3.63) is 35.4 Å². The van der Waals surface area contributed by atoms with Gasteiger partial charge in [0.1, 0.15) is 0 Å². The molecule has 0 fully saturated rings. The van der Waals surface area contributed by atoms with E-state index in [4.69, 9.17) is 0 Å². The van der Waals surface area contributed by atoms with E-state index in [-0.39, 0.29) is 5.54 Å². The predicted molar refractivity (Wildman–Crippen MR) is 93.9 cm³/mol. The highest BCUT2D eigenvalue weighted by molar-refractivity contribution is 5.25. The van der Waals surface area contributed by atoms with E-state index in [9.17, 15) is 0 Å². The lowest BCUT2D eigenvalue weighted by Crippen LogP contribution is -2.38. The maximum Gasteiger partial charge on any atom is 0.0230 e. The molecule has 1 aromatic rings. The molecule has 2 heteroatoms. The summed E-state index contributed by atoms with van der Waals surface area (Å²) in [5.41, 5.74) is 3.02. The van der Waals surface area contributed by atoms with Crippen LogP contribution in [0, 0.1) is 0 Å². The van der Waals surface area contributed by atoms with E-state index >= 15 is 0 Å². The van der Waals surface area contributed by atoms with Crippen molar-refractivity contribution in [3.63, 3.8) is 0 Å². The van der Waals surface area contributed by atoms with Crippen molar-refractivity contribution in [2.24, 2.45) is 0 Å². The van der Waals surface area contributed by atoms with Crippen LogP contribution >= 0.6 is 0 Å².